The Labute approximate surface area is 125 Å². The summed E-state index contributed by atoms with van der Waals surface area (Å²) in [5, 5.41) is 14.5. The zero-order valence-electron chi connectivity index (χ0n) is 11.8. The smallest absolute Gasteiger partial charge is 0.400 e. The van der Waals surface area contributed by atoms with Crippen molar-refractivity contribution in [3.05, 3.63) is 52.3 Å². The number of imidazole rings is 1. The van der Waals surface area contributed by atoms with Crippen LogP contribution in [0.1, 0.15) is 12.7 Å². The number of hydrazone groups is 1. The zero-order valence-corrected chi connectivity index (χ0v) is 11.8. The average Bonchev–Trinajstić information content (AvgIpc) is 3.11. The summed E-state index contributed by atoms with van der Waals surface area (Å²) in [6, 6.07) is 10.5. The van der Waals surface area contributed by atoms with Gasteiger partial charge in [0.15, 0.2) is 5.76 Å². The van der Waals surface area contributed by atoms with Crippen LogP contribution in [0.25, 0.3) is 11.0 Å². The van der Waals surface area contributed by atoms with Crippen LogP contribution in [0.2, 0.25) is 0 Å². The fourth-order valence-electron chi connectivity index (χ4n) is 2.14. The van der Waals surface area contributed by atoms with Crippen molar-refractivity contribution in [2.24, 2.45) is 5.10 Å². The van der Waals surface area contributed by atoms with E-state index < -0.39 is 4.92 Å². The predicted molar refractivity (Wildman–Crippen MR) is 82.0 cm³/mol. The lowest BCUT2D eigenvalue weighted by atomic mass is 10.3. The Hall–Kier alpha value is -3.16. The molecule has 0 atom stereocenters. The minimum atomic E-state index is -0.596. The number of nitrogens with one attached hydrogen (secondary N) is 1. The molecule has 1 aromatic carbocycles. The Kier molecular flexibility index (Phi) is 3.57. The molecule has 2 heterocycles. The van der Waals surface area contributed by atoms with Crippen LogP contribution in [0.5, 0.6) is 0 Å². The van der Waals surface area contributed by atoms with Gasteiger partial charge in [-0.1, -0.05) is 12.1 Å². The van der Waals surface area contributed by atoms with Crippen molar-refractivity contribution in [3.63, 3.8) is 0 Å². The largest absolute Gasteiger partial charge is 0.433 e. The fraction of sp³-hybridized carbons (Fsp3) is 0.143. The quantitative estimate of drug-likeness (QED) is 0.443. The summed E-state index contributed by atoms with van der Waals surface area (Å²) in [4.78, 5) is 14.4. The zero-order chi connectivity index (χ0) is 15.5. The van der Waals surface area contributed by atoms with Crippen molar-refractivity contribution in [1.82, 2.24) is 9.55 Å². The van der Waals surface area contributed by atoms with E-state index in [1.54, 1.807) is 0 Å². The van der Waals surface area contributed by atoms with Gasteiger partial charge in [-0.25, -0.2) is 10.4 Å². The highest BCUT2D eigenvalue weighted by Crippen LogP contribution is 2.19. The minimum absolute atomic E-state index is 0.290. The monoisotopic (exact) mass is 299 g/mol. The third-order valence-corrected chi connectivity index (χ3v) is 3.12. The molecule has 3 rings (SSSR count). The van der Waals surface area contributed by atoms with Crippen LogP contribution in [-0.2, 0) is 6.54 Å². The molecular formula is C14H13N5O3. The molecule has 0 aliphatic rings. The molecule has 112 valence electrons. The molecule has 8 nitrogen and oxygen atoms in total. The molecule has 0 fully saturated rings. The summed E-state index contributed by atoms with van der Waals surface area (Å²) in [5.41, 5.74) is 4.71. The fourth-order valence-corrected chi connectivity index (χ4v) is 2.14. The predicted octanol–water partition coefficient (Wildman–Crippen LogP) is 3.00. The highest BCUT2D eigenvalue weighted by Gasteiger charge is 2.11. The van der Waals surface area contributed by atoms with Crippen LogP contribution >= 0.6 is 0 Å². The van der Waals surface area contributed by atoms with Gasteiger partial charge in [-0.15, -0.1) is 0 Å². The van der Waals surface area contributed by atoms with Gasteiger partial charge in [0.2, 0.25) is 5.95 Å². The van der Waals surface area contributed by atoms with Crippen molar-refractivity contribution >= 4 is 29.1 Å². The van der Waals surface area contributed by atoms with Gasteiger partial charge >= 0.3 is 5.88 Å². The van der Waals surface area contributed by atoms with Crippen molar-refractivity contribution in [3.8, 4) is 0 Å². The maximum atomic E-state index is 10.5. The number of benzene rings is 1. The molecule has 0 aliphatic heterocycles. The van der Waals surface area contributed by atoms with Crippen LogP contribution in [0.4, 0.5) is 11.8 Å². The van der Waals surface area contributed by atoms with Crippen LogP contribution in [0.3, 0.4) is 0 Å². The molecular weight excluding hydrogens is 286 g/mol. The Morgan fingerprint density at radius 1 is 1.41 bits per heavy atom. The molecule has 0 radical (unpaired) electrons. The number of nitro groups is 1. The van der Waals surface area contributed by atoms with Crippen LogP contribution in [-0.4, -0.2) is 20.7 Å². The molecule has 22 heavy (non-hydrogen) atoms. The lowest BCUT2D eigenvalue weighted by molar-refractivity contribution is -0.402. The number of nitrogens with zero attached hydrogens (tertiary/aromatic N) is 4. The van der Waals surface area contributed by atoms with Crippen molar-refractivity contribution in [2.75, 3.05) is 5.43 Å². The molecule has 2 aromatic heterocycles. The second kappa shape index (κ2) is 5.68. The number of furan rings is 1. The van der Waals surface area contributed by atoms with E-state index in [1.807, 2.05) is 35.8 Å². The van der Waals surface area contributed by atoms with Gasteiger partial charge < -0.3 is 8.98 Å². The molecule has 0 aliphatic carbocycles. The van der Waals surface area contributed by atoms with E-state index in [4.69, 9.17) is 4.42 Å². The van der Waals surface area contributed by atoms with Crippen LogP contribution in [0, 0.1) is 10.1 Å². The summed E-state index contributed by atoms with van der Waals surface area (Å²) in [6.45, 7) is 2.75. The molecule has 0 spiro atoms. The summed E-state index contributed by atoms with van der Waals surface area (Å²) in [5.74, 6) is 0.571. The van der Waals surface area contributed by atoms with Gasteiger partial charge in [-0.3, -0.25) is 10.1 Å². The summed E-state index contributed by atoms with van der Waals surface area (Å²) >= 11 is 0. The first-order valence-electron chi connectivity index (χ1n) is 6.67. The first kappa shape index (κ1) is 13.8. The Bertz CT molecular complexity index is 849. The number of hydrogen-bond donors (Lipinski definition) is 1. The van der Waals surface area contributed by atoms with E-state index >= 15 is 0 Å². The first-order valence-corrected chi connectivity index (χ1v) is 6.67. The molecule has 0 bridgehead atoms. The maximum absolute atomic E-state index is 10.5. The van der Waals surface area contributed by atoms with Crippen LogP contribution < -0.4 is 5.43 Å². The Morgan fingerprint density at radius 2 is 2.23 bits per heavy atom. The summed E-state index contributed by atoms with van der Waals surface area (Å²) < 4.78 is 6.97. The highest BCUT2D eigenvalue weighted by atomic mass is 16.6. The normalized spacial score (nSPS) is 11.3. The standard InChI is InChI=1S/C14H13N5O3/c1-2-18-12-6-4-3-5-11(12)16-14(18)17-15-9-10-7-8-13(22-10)19(20)21/h3-9H,2H2,1H3,(H,16,17)/b15-9-. The first-order chi connectivity index (χ1) is 10.7. The highest BCUT2D eigenvalue weighted by molar-refractivity contribution is 5.80. The molecule has 0 saturated heterocycles. The Balaban J connectivity index is 1.81. The lowest BCUT2D eigenvalue weighted by Crippen LogP contribution is -2.01. The second-order valence-electron chi connectivity index (χ2n) is 4.47. The number of hydrogen-bond acceptors (Lipinski definition) is 6. The van der Waals surface area contributed by atoms with E-state index in [9.17, 15) is 10.1 Å². The summed E-state index contributed by atoms with van der Waals surface area (Å²) in [7, 11) is 0. The number of fused-ring (bicyclic) bond motifs is 1. The average molecular weight is 299 g/mol. The molecule has 0 amide bonds. The van der Waals surface area contributed by atoms with E-state index in [-0.39, 0.29) is 5.88 Å². The third-order valence-electron chi connectivity index (χ3n) is 3.12. The number of aryl methyl sites for hydroxylation is 1. The second-order valence-corrected chi connectivity index (χ2v) is 4.47. The Morgan fingerprint density at radius 3 is 2.95 bits per heavy atom. The number of para-hydroxylation sites is 2. The minimum Gasteiger partial charge on any atom is -0.400 e. The van der Waals surface area contributed by atoms with E-state index in [2.05, 4.69) is 15.5 Å². The van der Waals surface area contributed by atoms with Crippen molar-refractivity contribution in [2.45, 2.75) is 13.5 Å². The van der Waals surface area contributed by atoms with E-state index in [0.717, 1.165) is 17.6 Å². The van der Waals surface area contributed by atoms with Gasteiger partial charge in [-0.2, -0.15) is 5.10 Å². The number of anilines is 1. The molecule has 8 heteroatoms. The molecule has 3 aromatic rings. The van der Waals surface area contributed by atoms with Gasteiger partial charge in [-0.05, 0) is 25.1 Å². The van der Waals surface area contributed by atoms with E-state index in [0.29, 0.717) is 11.7 Å². The van der Waals surface area contributed by atoms with Crippen LogP contribution in [0.15, 0.2) is 45.9 Å². The SMILES string of the molecule is CCn1c(N/N=C\c2ccc([N+](=O)[O-])o2)nc2ccccc21. The van der Waals surface area contributed by atoms with Gasteiger partial charge in [0.05, 0.1) is 23.3 Å². The van der Waals surface area contributed by atoms with Crippen molar-refractivity contribution in [1.29, 1.82) is 0 Å². The topological polar surface area (TPSA) is 98.5 Å². The number of aromatic nitrogens is 2. The van der Waals surface area contributed by atoms with Gasteiger partial charge in [0.1, 0.15) is 4.92 Å². The lowest BCUT2D eigenvalue weighted by Gasteiger charge is -2.03. The van der Waals surface area contributed by atoms with E-state index in [1.165, 1.54) is 18.3 Å². The maximum Gasteiger partial charge on any atom is 0.433 e. The molecule has 0 unspecified atom stereocenters. The molecule has 0 saturated carbocycles. The van der Waals surface area contributed by atoms with Gasteiger partial charge in [0, 0.05) is 6.54 Å². The van der Waals surface area contributed by atoms with Gasteiger partial charge in [0.25, 0.3) is 0 Å². The van der Waals surface area contributed by atoms with Crippen molar-refractivity contribution < 1.29 is 9.34 Å². The summed E-state index contributed by atoms with van der Waals surface area (Å²) in [6.07, 6.45) is 1.37. The third kappa shape index (κ3) is 2.53. The molecule has 1 N–H and O–H groups in total. The number of rotatable bonds is 5.